The highest BCUT2D eigenvalue weighted by molar-refractivity contribution is 7.22. The minimum absolute atomic E-state index is 0.117. The molecule has 0 aliphatic heterocycles. The van der Waals surface area contributed by atoms with E-state index in [2.05, 4.69) is 20.0 Å². The summed E-state index contributed by atoms with van der Waals surface area (Å²) in [5.74, 6) is 0.263. The van der Waals surface area contributed by atoms with Crippen LogP contribution in [0.1, 0.15) is 11.6 Å². The van der Waals surface area contributed by atoms with Gasteiger partial charge < -0.3 is 15.2 Å². The molecule has 30 heavy (non-hydrogen) atoms. The topological polar surface area (TPSA) is 67.3 Å². The summed E-state index contributed by atoms with van der Waals surface area (Å²) in [5.41, 5.74) is 1.54. The summed E-state index contributed by atoms with van der Waals surface area (Å²) in [5, 5.41) is 13.5. The molecule has 0 radical (unpaired) electrons. The molecule has 154 valence electrons. The number of hydrogen-bond acceptors (Lipinski definition) is 6. The summed E-state index contributed by atoms with van der Waals surface area (Å²) in [7, 11) is 0. The Balaban J connectivity index is 1.59. The second-order valence-corrected chi connectivity index (χ2v) is 7.52. The van der Waals surface area contributed by atoms with Crippen LogP contribution in [0.15, 0.2) is 67.0 Å². The van der Waals surface area contributed by atoms with Crippen LogP contribution in [0.5, 0.6) is 5.75 Å². The maximum atomic E-state index is 12.5. The number of fused-ring (bicyclic) bond motifs is 1. The van der Waals surface area contributed by atoms with E-state index in [4.69, 9.17) is 0 Å². The van der Waals surface area contributed by atoms with Gasteiger partial charge in [0.25, 0.3) is 0 Å². The summed E-state index contributed by atoms with van der Waals surface area (Å²) >= 11 is 1.40. The van der Waals surface area contributed by atoms with Crippen LogP contribution in [0, 0.1) is 0 Å². The molecule has 2 aromatic carbocycles. The van der Waals surface area contributed by atoms with Gasteiger partial charge in [-0.2, -0.15) is 0 Å². The summed E-state index contributed by atoms with van der Waals surface area (Å²) in [6, 6.07) is 16.9. The van der Waals surface area contributed by atoms with E-state index in [0.717, 1.165) is 15.1 Å². The number of thiophene rings is 1. The van der Waals surface area contributed by atoms with Gasteiger partial charge in [-0.1, -0.05) is 30.3 Å². The maximum absolute atomic E-state index is 12.5. The first-order valence-corrected chi connectivity index (χ1v) is 9.77. The standard InChI is InChI=1S/C21H16F3N3O2S/c22-21(23,24)29-15-6-7-18-14(8-15)9-19(30-18)16-10-20(26-12-25-16)27-17(11-28)13-4-2-1-3-5-13/h1-10,12,17,28H,11H2,(H,25,26,27). The van der Waals surface area contributed by atoms with E-state index in [-0.39, 0.29) is 18.4 Å². The van der Waals surface area contributed by atoms with Crippen molar-refractivity contribution in [3.05, 3.63) is 72.6 Å². The van der Waals surface area contributed by atoms with E-state index in [1.807, 2.05) is 30.3 Å². The molecule has 9 heteroatoms. The molecule has 0 amide bonds. The Labute approximate surface area is 173 Å². The average molecular weight is 431 g/mol. The quantitative estimate of drug-likeness (QED) is 0.428. The number of aromatic nitrogens is 2. The van der Waals surface area contributed by atoms with Gasteiger partial charge in [0, 0.05) is 10.8 Å². The minimum atomic E-state index is -4.73. The van der Waals surface area contributed by atoms with Gasteiger partial charge in [0.05, 0.1) is 23.2 Å². The fourth-order valence-corrected chi connectivity index (χ4v) is 4.02. The summed E-state index contributed by atoms with van der Waals surface area (Å²) in [6.07, 6.45) is -3.33. The highest BCUT2D eigenvalue weighted by atomic mass is 32.1. The van der Waals surface area contributed by atoms with Crippen molar-refractivity contribution in [1.82, 2.24) is 9.97 Å². The van der Waals surface area contributed by atoms with Gasteiger partial charge in [-0.05, 0) is 35.2 Å². The Kier molecular flexibility index (Phi) is 5.56. The third-order valence-electron chi connectivity index (χ3n) is 4.35. The first-order valence-electron chi connectivity index (χ1n) is 8.95. The highest BCUT2D eigenvalue weighted by Gasteiger charge is 2.31. The molecule has 2 aromatic heterocycles. The van der Waals surface area contributed by atoms with Gasteiger partial charge in [-0.3, -0.25) is 0 Å². The van der Waals surface area contributed by atoms with Crippen molar-refractivity contribution < 1.29 is 23.0 Å². The van der Waals surface area contributed by atoms with Crippen LogP contribution in [0.3, 0.4) is 0 Å². The molecule has 2 N–H and O–H groups in total. The lowest BCUT2D eigenvalue weighted by atomic mass is 10.1. The Morgan fingerprint density at radius 3 is 2.57 bits per heavy atom. The predicted molar refractivity (Wildman–Crippen MR) is 109 cm³/mol. The molecule has 0 saturated carbocycles. The number of aliphatic hydroxyl groups is 1. The smallest absolute Gasteiger partial charge is 0.406 e. The van der Waals surface area contributed by atoms with Crippen molar-refractivity contribution in [1.29, 1.82) is 0 Å². The normalized spacial score (nSPS) is 12.7. The molecule has 4 rings (SSSR count). The lowest BCUT2D eigenvalue weighted by Crippen LogP contribution is -2.16. The largest absolute Gasteiger partial charge is 0.573 e. The van der Waals surface area contributed by atoms with Crippen molar-refractivity contribution >= 4 is 27.2 Å². The molecular weight excluding hydrogens is 415 g/mol. The fourth-order valence-electron chi connectivity index (χ4n) is 3.01. The highest BCUT2D eigenvalue weighted by Crippen LogP contribution is 2.36. The second-order valence-electron chi connectivity index (χ2n) is 6.44. The number of anilines is 1. The predicted octanol–water partition coefficient (Wildman–Crippen LogP) is 5.40. The fraction of sp³-hybridized carbons (Fsp3) is 0.143. The molecule has 5 nitrogen and oxygen atoms in total. The van der Waals surface area contributed by atoms with Crippen molar-refractivity contribution in [2.45, 2.75) is 12.4 Å². The Bertz CT molecular complexity index is 1150. The zero-order valence-corrected chi connectivity index (χ0v) is 16.2. The number of ether oxygens (including phenoxy) is 1. The van der Waals surface area contributed by atoms with E-state index in [1.54, 1.807) is 18.2 Å². The number of hydrogen-bond donors (Lipinski definition) is 2. The number of nitrogens with one attached hydrogen (secondary N) is 1. The minimum Gasteiger partial charge on any atom is -0.406 e. The molecule has 0 aliphatic carbocycles. The summed E-state index contributed by atoms with van der Waals surface area (Å²) < 4.78 is 42.1. The van der Waals surface area contributed by atoms with Crippen LogP contribution < -0.4 is 10.1 Å². The Morgan fingerprint density at radius 1 is 1.03 bits per heavy atom. The third-order valence-corrected chi connectivity index (χ3v) is 5.49. The Hall–Kier alpha value is -3.17. The number of nitrogens with zero attached hydrogens (tertiary/aromatic N) is 2. The van der Waals surface area contributed by atoms with Gasteiger partial charge in [0.2, 0.25) is 0 Å². The maximum Gasteiger partial charge on any atom is 0.573 e. The molecule has 0 spiro atoms. The first kappa shape index (κ1) is 20.1. The van der Waals surface area contributed by atoms with Crippen LogP contribution in [0.4, 0.5) is 19.0 Å². The molecule has 0 bridgehead atoms. The molecular formula is C21H16F3N3O2S. The second kappa shape index (κ2) is 8.29. The SMILES string of the molecule is OCC(Nc1cc(-c2cc3cc(OC(F)(F)F)ccc3s2)ncn1)c1ccccc1. The zero-order chi connectivity index (χ0) is 21.1. The van der Waals surface area contributed by atoms with Crippen LogP contribution in [0.25, 0.3) is 20.7 Å². The van der Waals surface area contributed by atoms with Gasteiger partial charge in [-0.25, -0.2) is 9.97 Å². The van der Waals surface area contributed by atoms with Crippen LogP contribution in [0.2, 0.25) is 0 Å². The average Bonchev–Trinajstić information content (AvgIpc) is 3.15. The van der Waals surface area contributed by atoms with E-state index in [1.165, 1.54) is 29.8 Å². The van der Waals surface area contributed by atoms with E-state index >= 15 is 0 Å². The van der Waals surface area contributed by atoms with Crippen molar-refractivity contribution in [3.63, 3.8) is 0 Å². The number of aliphatic hydroxyl groups excluding tert-OH is 1. The lowest BCUT2D eigenvalue weighted by molar-refractivity contribution is -0.274. The van der Waals surface area contributed by atoms with E-state index in [0.29, 0.717) is 16.9 Å². The van der Waals surface area contributed by atoms with Crippen LogP contribution in [-0.2, 0) is 0 Å². The lowest BCUT2D eigenvalue weighted by Gasteiger charge is -2.17. The third kappa shape index (κ3) is 4.69. The number of benzene rings is 2. The van der Waals surface area contributed by atoms with E-state index in [9.17, 15) is 18.3 Å². The number of halogens is 3. The molecule has 1 unspecified atom stereocenters. The van der Waals surface area contributed by atoms with Crippen molar-refractivity contribution in [2.75, 3.05) is 11.9 Å². The molecule has 0 aliphatic rings. The summed E-state index contributed by atoms with van der Waals surface area (Å²) in [6.45, 7) is -0.117. The molecule has 1 atom stereocenters. The van der Waals surface area contributed by atoms with E-state index < -0.39 is 6.36 Å². The molecule has 2 heterocycles. The zero-order valence-electron chi connectivity index (χ0n) is 15.4. The summed E-state index contributed by atoms with van der Waals surface area (Å²) in [4.78, 5) is 9.27. The van der Waals surface area contributed by atoms with Gasteiger partial charge >= 0.3 is 6.36 Å². The van der Waals surface area contributed by atoms with Crippen LogP contribution in [-0.4, -0.2) is 28.0 Å². The monoisotopic (exact) mass is 431 g/mol. The van der Waals surface area contributed by atoms with Gasteiger partial charge in [-0.15, -0.1) is 24.5 Å². The first-order chi connectivity index (χ1) is 14.4. The molecule has 4 aromatic rings. The van der Waals surface area contributed by atoms with Gasteiger partial charge in [0.1, 0.15) is 17.9 Å². The molecule has 0 saturated heterocycles. The van der Waals surface area contributed by atoms with Crippen molar-refractivity contribution in [3.8, 4) is 16.3 Å². The number of alkyl halides is 3. The Morgan fingerprint density at radius 2 is 1.83 bits per heavy atom. The van der Waals surface area contributed by atoms with Gasteiger partial charge in [0.15, 0.2) is 0 Å². The van der Waals surface area contributed by atoms with Crippen molar-refractivity contribution in [2.24, 2.45) is 0 Å². The van der Waals surface area contributed by atoms with Crippen LogP contribution >= 0.6 is 11.3 Å². The molecule has 0 fully saturated rings. The number of rotatable bonds is 6.